The minimum atomic E-state index is -4.84. The third-order valence-corrected chi connectivity index (χ3v) is 7.16. The number of piperazine rings is 1. The van der Waals surface area contributed by atoms with Gasteiger partial charge in [-0.2, -0.15) is 18.3 Å². The van der Waals surface area contributed by atoms with E-state index in [0.717, 1.165) is 6.07 Å². The number of nitrogens with two attached hydrogens (primary N) is 1. The summed E-state index contributed by atoms with van der Waals surface area (Å²) >= 11 is 0. The average Bonchev–Trinajstić information content (AvgIpc) is 3.61. The van der Waals surface area contributed by atoms with E-state index in [9.17, 15) is 31.9 Å². The van der Waals surface area contributed by atoms with Crippen LogP contribution in [0.5, 0.6) is 0 Å². The Balaban J connectivity index is 1.30. The zero-order valence-electron chi connectivity index (χ0n) is 23.1. The molecule has 0 spiro atoms. The lowest BCUT2D eigenvalue weighted by Crippen LogP contribution is -2.50. The van der Waals surface area contributed by atoms with E-state index < -0.39 is 36.1 Å². The Kier molecular flexibility index (Phi) is 7.99. The number of halogens is 4. The summed E-state index contributed by atoms with van der Waals surface area (Å²) < 4.78 is 55.8. The van der Waals surface area contributed by atoms with Gasteiger partial charge < -0.3 is 30.9 Å². The summed E-state index contributed by atoms with van der Waals surface area (Å²) in [7, 11) is 0. The van der Waals surface area contributed by atoms with Crippen molar-refractivity contribution < 1.29 is 37.1 Å². The molecule has 230 valence electrons. The van der Waals surface area contributed by atoms with Crippen molar-refractivity contribution in [1.29, 1.82) is 0 Å². The second-order valence-electron chi connectivity index (χ2n) is 10.1. The maximum absolute atomic E-state index is 14.6. The van der Waals surface area contributed by atoms with Crippen LogP contribution in [0.15, 0.2) is 42.6 Å². The highest BCUT2D eigenvalue weighted by Crippen LogP contribution is 2.37. The van der Waals surface area contributed by atoms with Crippen molar-refractivity contribution in [1.82, 2.24) is 30.0 Å². The number of aryl methyl sites for hydroxylation is 1. The van der Waals surface area contributed by atoms with E-state index in [1.54, 1.807) is 24.0 Å². The molecule has 16 heteroatoms. The van der Waals surface area contributed by atoms with Crippen LogP contribution in [0.25, 0.3) is 11.3 Å². The number of anilines is 2. The van der Waals surface area contributed by atoms with Gasteiger partial charge in [-0.05, 0) is 48.9 Å². The van der Waals surface area contributed by atoms with Crippen LogP contribution in [-0.4, -0.2) is 79.2 Å². The minimum Gasteiger partial charge on any atom is -0.465 e. The number of H-pyrrole nitrogens is 2. The van der Waals surface area contributed by atoms with Gasteiger partial charge in [0.15, 0.2) is 11.5 Å². The maximum Gasteiger partial charge on any atom is 0.435 e. The molecule has 0 unspecified atom stereocenters. The van der Waals surface area contributed by atoms with Gasteiger partial charge in [0.25, 0.3) is 11.8 Å². The van der Waals surface area contributed by atoms with Crippen LogP contribution in [0.4, 0.5) is 33.7 Å². The molecule has 1 saturated heterocycles. The minimum absolute atomic E-state index is 0.0973. The van der Waals surface area contributed by atoms with E-state index in [2.05, 4.69) is 25.5 Å². The molecule has 0 bridgehead atoms. The Hall–Kier alpha value is -5.41. The summed E-state index contributed by atoms with van der Waals surface area (Å²) in [5, 5.41) is 17.4. The van der Waals surface area contributed by atoms with Gasteiger partial charge in [0.2, 0.25) is 0 Å². The Bertz CT molecular complexity index is 1740. The van der Waals surface area contributed by atoms with Gasteiger partial charge in [0.05, 0.1) is 5.69 Å². The summed E-state index contributed by atoms with van der Waals surface area (Å²) in [5.74, 6) is -1.98. The van der Waals surface area contributed by atoms with Crippen molar-refractivity contribution in [3.63, 3.8) is 0 Å². The molecule has 12 nitrogen and oxygen atoms in total. The number of carbonyl (C=O) groups excluding carboxylic acids is 2. The number of rotatable bonds is 6. The molecular weight excluding hydrogens is 588 g/mol. The number of hydrogen-bond acceptors (Lipinski definition) is 6. The predicted molar refractivity (Wildman–Crippen MR) is 149 cm³/mol. The van der Waals surface area contributed by atoms with Gasteiger partial charge in [0, 0.05) is 72.6 Å². The number of carboxylic acid groups (broad SMARTS) is 1. The molecule has 1 aliphatic rings. The van der Waals surface area contributed by atoms with Crippen LogP contribution in [0.1, 0.15) is 43.5 Å². The molecule has 0 radical (unpaired) electrons. The maximum atomic E-state index is 14.6. The molecular formula is C28H26F4N8O4. The molecule has 4 aromatic rings. The highest BCUT2D eigenvalue weighted by Gasteiger charge is 2.38. The van der Waals surface area contributed by atoms with E-state index in [1.807, 2.05) is 0 Å². The Morgan fingerprint density at radius 2 is 1.77 bits per heavy atom. The van der Waals surface area contributed by atoms with E-state index in [0.29, 0.717) is 16.8 Å². The van der Waals surface area contributed by atoms with Crippen molar-refractivity contribution in [3.8, 4) is 11.3 Å². The lowest BCUT2D eigenvalue weighted by molar-refractivity contribution is -0.141. The molecule has 44 heavy (non-hydrogen) atoms. The lowest BCUT2D eigenvalue weighted by atomic mass is 10.0. The fourth-order valence-electron chi connectivity index (χ4n) is 4.93. The first-order valence-electron chi connectivity index (χ1n) is 13.2. The van der Waals surface area contributed by atoms with Gasteiger partial charge in [-0.25, -0.2) is 14.2 Å². The number of hydrogen-bond donors (Lipinski definition) is 5. The standard InChI is InChI=1S/C28H26F4N8O4/c1-14-10-16(3-5-18(14)26(42)39-6-8-40(9-7-39)27(43)44)36-25(41)24-34-13-17(35-24)12-20-22(37-38-23(20)28(30,31)32)19-4-2-15(33)11-21(19)29/h2-5,10-11,13H,6-9,12,33H2,1H3,(H,34,35)(H,36,41)(H,37,38)(H,43,44). The third-order valence-electron chi connectivity index (χ3n) is 7.16. The summed E-state index contributed by atoms with van der Waals surface area (Å²) in [6, 6.07) is 8.22. The van der Waals surface area contributed by atoms with Crippen LogP contribution in [0, 0.1) is 12.7 Å². The monoisotopic (exact) mass is 614 g/mol. The van der Waals surface area contributed by atoms with Crippen LogP contribution < -0.4 is 11.1 Å². The quantitative estimate of drug-likeness (QED) is 0.160. The summed E-state index contributed by atoms with van der Waals surface area (Å²) in [5.41, 5.74) is 5.16. The largest absolute Gasteiger partial charge is 0.465 e. The molecule has 3 heterocycles. The Morgan fingerprint density at radius 1 is 1.07 bits per heavy atom. The van der Waals surface area contributed by atoms with Crippen molar-refractivity contribution in [2.45, 2.75) is 19.5 Å². The third kappa shape index (κ3) is 6.18. The first kappa shape index (κ1) is 30.1. The number of imidazole rings is 1. The number of nitrogens with one attached hydrogen (secondary N) is 3. The van der Waals surface area contributed by atoms with Crippen molar-refractivity contribution in [2.24, 2.45) is 0 Å². The van der Waals surface area contributed by atoms with Crippen LogP contribution in [0.3, 0.4) is 0 Å². The molecule has 0 saturated carbocycles. The van der Waals surface area contributed by atoms with Gasteiger partial charge in [0.1, 0.15) is 5.82 Å². The number of nitrogens with zero attached hydrogens (tertiary/aromatic N) is 4. The molecule has 6 N–H and O–H groups in total. The van der Waals surface area contributed by atoms with E-state index in [4.69, 9.17) is 10.8 Å². The highest BCUT2D eigenvalue weighted by molar-refractivity contribution is 6.02. The van der Waals surface area contributed by atoms with Gasteiger partial charge >= 0.3 is 12.3 Å². The second-order valence-corrected chi connectivity index (χ2v) is 10.1. The van der Waals surface area contributed by atoms with Crippen molar-refractivity contribution >= 4 is 29.3 Å². The number of aromatic amines is 2. The number of nitrogen functional groups attached to an aromatic ring is 1. The number of amides is 3. The summed E-state index contributed by atoms with van der Waals surface area (Å²) in [4.78, 5) is 46.5. The molecule has 1 fully saturated rings. The molecule has 3 amide bonds. The highest BCUT2D eigenvalue weighted by atomic mass is 19.4. The van der Waals surface area contributed by atoms with Crippen LogP contribution >= 0.6 is 0 Å². The zero-order chi connectivity index (χ0) is 31.8. The molecule has 0 atom stereocenters. The average molecular weight is 615 g/mol. The number of alkyl halides is 3. The number of aromatic nitrogens is 4. The number of benzene rings is 2. The van der Waals surface area contributed by atoms with Gasteiger partial charge in [-0.1, -0.05) is 0 Å². The lowest BCUT2D eigenvalue weighted by Gasteiger charge is -2.33. The Labute approximate surface area is 246 Å². The molecule has 5 rings (SSSR count). The fraction of sp³-hybridized carbons (Fsp3) is 0.250. The van der Waals surface area contributed by atoms with E-state index >= 15 is 0 Å². The second kappa shape index (κ2) is 11.7. The molecule has 2 aromatic carbocycles. The van der Waals surface area contributed by atoms with E-state index in [1.165, 1.54) is 29.3 Å². The fourth-order valence-corrected chi connectivity index (χ4v) is 4.93. The molecule has 0 aliphatic carbocycles. The summed E-state index contributed by atoms with van der Waals surface area (Å²) in [6.07, 6.45) is -5.08. The first-order chi connectivity index (χ1) is 20.8. The van der Waals surface area contributed by atoms with Crippen molar-refractivity contribution in [2.75, 3.05) is 37.2 Å². The smallest absolute Gasteiger partial charge is 0.435 e. The van der Waals surface area contributed by atoms with Crippen LogP contribution in [-0.2, 0) is 12.6 Å². The Morgan fingerprint density at radius 3 is 2.41 bits per heavy atom. The zero-order valence-corrected chi connectivity index (χ0v) is 23.1. The molecule has 1 aliphatic heterocycles. The van der Waals surface area contributed by atoms with Gasteiger partial charge in [-0.15, -0.1) is 0 Å². The van der Waals surface area contributed by atoms with Gasteiger partial charge in [-0.3, -0.25) is 14.7 Å². The number of carbonyl (C=O) groups is 3. The SMILES string of the molecule is Cc1cc(NC(=O)c2ncc(Cc3c(C(F)(F)F)n[nH]c3-c3ccc(N)cc3F)[nH]2)ccc1C(=O)N1CCN(C(=O)O)CC1. The van der Waals surface area contributed by atoms with E-state index in [-0.39, 0.29) is 66.1 Å². The van der Waals surface area contributed by atoms with Crippen LogP contribution in [0.2, 0.25) is 0 Å². The first-order valence-corrected chi connectivity index (χ1v) is 13.2. The normalized spacial score (nSPS) is 13.7. The summed E-state index contributed by atoms with van der Waals surface area (Å²) in [6.45, 7) is 2.60. The predicted octanol–water partition coefficient (Wildman–Crippen LogP) is 4.13. The van der Waals surface area contributed by atoms with Crippen molar-refractivity contribution in [3.05, 3.63) is 82.3 Å². The molecule has 2 aromatic heterocycles. The topological polar surface area (TPSA) is 173 Å².